The van der Waals surface area contributed by atoms with Crippen molar-refractivity contribution in [3.8, 4) is 12.3 Å². The van der Waals surface area contributed by atoms with Gasteiger partial charge in [0.25, 0.3) is 5.91 Å². The van der Waals surface area contributed by atoms with Gasteiger partial charge in [0.15, 0.2) is 4.80 Å². The van der Waals surface area contributed by atoms with Crippen LogP contribution >= 0.6 is 34.5 Å². The van der Waals surface area contributed by atoms with Gasteiger partial charge < -0.3 is 4.57 Å². The Morgan fingerprint density at radius 3 is 2.76 bits per heavy atom. The van der Waals surface area contributed by atoms with E-state index in [1.165, 1.54) is 17.4 Å². The fourth-order valence-corrected chi connectivity index (χ4v) is 4.10. The molecule has 0 aliphatic heterocycles. The molecule has 6 heteroatoms. The zero-order valence-electron chi connectivity index (χ0n) is 13.6. The molecule has 3 aromatic rings. The highest BCUT2D eigenvalue weighted by Crippen LogP contribution is 2.24. The molecule has 1 heterocycles. The number of halogens is 2. The molecular formula is C19H14Cl2N2OS. The number of fused-ring (bicyclic) bond motifs is 1. The van der Waals surface area contributed by atoms with E-state index in [1.807, 2.05) is 24.5 Å². The highest BCUT2D eigenvalue weighted by molar-refractivity contribution is 7.16. The molecule has 25 heavy (non-hydrogen) atoms. The van der Waals surface area contributed by atoms with Crippen LogP contribution in [0.15, 0.2) is 35.3 Å². The maximum atomic E-state index is 12.6. The van der Waals surface area contributed by atoms with E-state index in [4.69, 9.17) is 29.6 Å². The minimum atomic E-state index is -0.445. The molecule has 0 aliphatic carbocycles. The lowest BCUT2D eigenvalue weighted by molar-refractivity contribution is 0.0998. The van der Waals surface area contributed by atoms with E-state index in [-0.39, 0.29) is 5.56 Å². The maximum absolute atomic E-state index is 12.6. The predicted molar refractivity (Wildman–Crippen MR) is 104 cm³/mol. The van der Waals surface area contributed by atoms with Crippen LogP contribution < -0.4 is 4.80 Å². The van der Waals surface area contributed by atoms with Crippen LogP contribution in [0.2, 0.25) is 10.0 Å². The van der Waals surface area contributed by atoms with Gasteiger partial charge in [-0.25, -0.2) is 0 Å². The molecule has 0 bridgehead atoms. The number of hydrogen-bond donors (Lipinski definition) is 0. The molecule has 0 saturated heterocycles. The SMILES string of the molecule is C#CCn1c(=NC(=O)c2cc(Cl)ccc2Cl)sc2c(C)cc(C)cc21. The third-order valence-electron chi connectivity index (χ3n) is 3.72. The number of carbonyl (C=O) groups is 1. The van der Waals surface area contributed by atoms with E-state index in [0.717, 1.165) is 21.3 Å². The first-order valence-electron chi connectivity index (χ1n) is 7.49. The first kappa shape index (κ1) is 17.8. The Morgan fingerprint density at radius 1 is 1.28 bits per heavy atom. The Bertz CT molecular complexity index is 1100. The van der Waals surface area contributed by atoms with Gasteiger partial charge in [-0.1, -0.05) is 46.5 Å². The summed E-state index contributed by atoms with van der Waals surface area (Å²) in [5.74, 6) is 2.18. The fourth-order valence-electron chi connectivity index (χ4n) is 2.65. The molecule has 2 aromatic carbocycles. The summed E-state index contributed by atoms with van der Waals surface area (Å²) in [6.07, 6.45) is 5.51. The Kier molecular flexibility index (Phi) is 5.01. The Hall–Kier alpha value is -2.06. The van der Waals surface area contributed by atoms with Gasteiger partial charge in [-0.05, 0) is 49.2 Å². The summed E-state index contributed by atoms with van der Waals surface area (Å²) >= 11 is 13.5. The third kappa shape index (κ3) is 3.50. The zero-order chi connectivity index (χ0) is 18.1. The van der Waals surface area contributed by atoms with Crippen LogP contribution in [0, 0.1) is 26.2 Å². The summed E-state index contributed by atoms with van der Waals surface area (Å²) in [5.41, 5.74) is 3.50. The largest absolute Gasteiger partial charge is 0.305 e. The number of aryl methyl sites for hydroxylation is 2. The Labute approximate surface area is 159 Å². The zero-order valence-corrected chi connectivity index (χ0v) is 16.0. The van der Waals surface area contributed by atoms with Crippen molar-refractivity contribution in [2.45, 2.75) is 20.4 Å². The normalized spacial score (nSPS) is 11.7. The van der Waals surface area contributed by atoms with Crippen LogP contribution in [0.1, 0.15) is 21.5 Å². The molecule has 126 valence electrons. The average molecular weight is 389 g/mol. The van der Waals surface area contributed by atoms with Gasteiger partial charge in [0.2, 0.25) is 0 Å². The maximum Gasteiger partial charge on any atom is 0.281 e. The molecule has 1 aromatic heterocycles. The van der Waals surface area contributed by atoms with Crippen LogP contribution in [0.4, 0.5) is 0 Å². The lowest BCUT2D eigenvalue weighted by Gasteiger charge is -2.03. The van der Waals surface area contributed by atoms with Crippen molar-refractivity contribution in [2.75, 3.05) is 0 Å². The van der Waals surface area contributed by atoms with Gasteiger partial charge in [0.1, 0.15) is 0 Å². The van der Waals surface area contributed by atoms with Gasteiger partial charge in [-0.3, -0.25) is 4.79 Å². The molecule has 3 rings (SSSR count). The molecule has 0 unspecified atom stereocenters. The number of terminal acetylenes is 1. The lowest BCUT2D eigenvalue weighted by atomic mass is 10.1. The molecule has 0 aliphatic rings. The highest BCUT2D eigenvalue weighted by Gasteiger charge is 2.13. The molecule has 0 radical (unpaired) electrons. The molecule has 0 atom stereocenters. The number of benzene rings is 2. The topological polar surface area (TPSA) is 34.4 Å². The summed E-state index contributed by atoms with van der Waals surface area (Å²) in [5, 5.41) is 0.747. The van der Waals surface area contributed by atoms with Crippen molar-refractivity contribution < 1.29 is 4.79 Å². The fraction of sp³-hybridized carbons (Fsp3) is 0.158. The quantitative estimate of drug-likeness (QED) is 0.568. The second-order valence-corrected chi connectivity index (χ2v) is 7.47. The van der Waals surface area contributed by atoms with E-state index in [1.54, 1.807) is 12.1 Å². The van der Waals surface area contributed by atoms with Gasteiger partial charge in [-0.15, -0.1) is 6.42 Å². The number of aromatic nitrogens is 1. The van der Waals surface area contributed by atoms with Crippen molar-refractivity contribution in [1.29, 1.82) is 0 Å². The first-order chi connectivity index (χ1) is 11.9. The van der Waals surface area contributed by atoms with E-state index < -0.39 is 5.91 Å². The Balaban J connectivity index is 2.24. The van der Waals surface area contributed by atoms with Crippen LogP contribution in [0.5, 0.6) is 0 Å². The smallest absolute Gasteiger partial charge is 0.281 e. The summed E-state index contributed by atoms with van der Waals surface area (Å²) in [6, 6.07) is 8.87. The predicted octanol–water partition coefficient (Wildman–Crippen LogP) is 5.00. The van der Waals surface area contributed by atoms with Crippen LogP contribution in [-0.2, 0) is 6.54 Å². The van der Waals surface area contributed by atoms with Crippen LogP contribution in [0.25, 0.3) is 10.2 Å². The summed E-state index contributed by atoms with van der Waals surface area (Å²) < 4.78 is 2.93. The highest BCUT2D eigenvalue weighted by atomic mass is 35.5. The second kappa shape index (κ2) is 7.05. The molecule has 1 amide bonds. The van der Waals surface area contributed by atoms with Gasteiger partial charge in [0.05, 0.1) is 27.3 Å². The summed E-state index contributed by atoms with van der Waals surface area (Å²) in [6.45, 7) is 4.39. The van der Waals surface area contributed by atoms with E-state index >= 15 is 0 Å². The lowest BCUT2D eigenvalue weighted by Crippen LogP contribution is -2.16. The Morgan fingerprint density at radius 2 is 2.04 bits per heavy atom. The standard InChI is InChI=1S/C19H14Cl2N2OS/c1-4-7-23-16-9-11(2)8-12(3)17(16)25-19(23)22-18(24)14-10-13(20)5-6-15(14)21/h1,5-6,8-10H,7H2,2-3H3. The minimum absolute atomic E-state index is 0.270. The average Bonchev–Trinajstić information content (AvgIpc) is 2.88. The van der Waals surface area contributed by atoms with Crippen molar-refractivity contribution in [2.24, 2.45) is 4.99 Å². The van der Waals surface area contributed by atoms with Crippen molar-refractivity contribution in [1.82, 2.24) is 4.57 Å². The summed E-state index contributed by atoms with van der Waals surface area (Å²) in [4.78, 5) is 17.4. The third-order valence-corrected chi connectivity index (χ3v) is 5.51. The molecule has 3 nitrogen and oxygen atoms in total. The van der Waals surface area contributed by atoms with E-state index in [2.05, 4.69) is 17.0 Å². The molecule has 0 spiro atoms. The van der Waals surface area contributed by atoms with Gasteiger partial charge in [-0.2, -0.15) is 4.99 Å². The van der Waals surface area contributed by atoms with Crippen molar-refractivity contribution >= 4 is 50.7 Å². The number of nitrogens with zero attached hydrogens (tertiary/aromatic N) is 2. The summed E-state index contributed by atoms with van der Waals surface area (Å²) in [7, 11) is 0. The first-order valence-corrected chi connectivity index (χ1v) is 9.06. The molecule has 0 fully saturated rings. The van der Waals surface area contributed by atoms with Gasteiger partial charge >= 0.3 is 0 Å². The minimum Gasteiger partial charge on any atom is -0.305 e. The van der Waals surface area contributed by atoms with Crippen LogP contribution in [0.3, 0.4) is 0 Å². The van der Waals surface area contributed by atoms with Crippen molar-refractivity contribution in [3.05, 3.63) is 61.9 Å². The van der Waals surface area contributed by atoms with Gasteiger partial charge in [0, 0.05) is 5.02 Å². The van der Waals surface area contributed by atoms with E-state index in [9.17, 15) is 4.79 Å². The van der Waals surface area contributed by atoms with Crippen molar-refractivity contribution in [3.63, 3.8) is 0 Å². The number of hydrogen-bond acceptors (Lipinski definition) is 2. The number of thiazole rings is 1. The van der Waals surface area contributed by atoms with E-state index in [0.29, 0.717) is 21.4 Å². The number of carbonyl (C=O) groups excluding carboxylic acids is 1. The number of rotatable bonds is 2. The van der Waals surface area contributed by atoms with Crippen LogP contribution in [-0.4, -0.2) is 10.5 Å². The molecular weight excluding hydrogens is 375 g/mol. The number of amides is 1. The molecule has 0 saturated carbocycles. The second-order valence-electron chi connectivity index (χ2n) is 5.65. The molecule has 0 N–H and O–H groups in total. The monoisotopic (exact) mass is 388 g/mol.